The SMILES string of the molecule is Cc1nc(CN2c3ccc(C(N)=O)c(F)c3NC2c2ccc(N3CCCC3C)nc2)co1. The lowest BCUT2D eigenvalue weighted by Gasteiger charge is -2.27. The van der Waals surface area contributed by atoms with Crippen molar-refractivity contribution in [3.63, 3.8) is 0 Å². The standard InChI is InChI=1S/C23H25FN6O2/c1-13-4-3-9-29(13)19-8-5-15(10-26-19)23-28-21-18(7-6-17(20(21)24)22(25)31)30(23)11-16-12-32-14(2)27-16/h5-8,10,12-13,23,28H,3-4,9,11H2,1-2H3,(H2,25,31). The number of carbonyl (C=O) groups excluding carboxylic acids is 1. The van der Waals surface area contributed by atoms with Crippen molar-refractivity contribution in [2.75, 3.05) is 21.7 Å². The molecule has 4 heterocycles. The molecule has 0 aliphatic carbocycles. The van der Waals surface area contributed by atoms with Crippen LogP contribution in [-0.2, 0) is 6.54 Å². The maximum absolute atomic E-state index is 15.1. The largest absolute Gasteiger partial charge is 0.449 e. The average molecular weight is 436 g/mol. The lowest BCUT2D eigenvalue weighted by Crippen LogP contribution is -2.29. The lowest BCUT2D eigenvalue weighted by molar-refractivity contribution is 0.0996. The predicted octanol–water partition coefficient (Wildman–Crippen LogP) is 3.74. The number of anilines is 3. The van der Waals surface area contributed by atoms with E-state index in [2.05, 4.69) is 27.1 Å². The Bertz CT molecular complexity index is 1160. The fraction of sp³-hybridized carbons (Fsp3) is 0.348. The van der Waals surface area contributed by atoms with Crippen LogP contribution in [0.4, 0.5) is 21.6 Å². The van der Waals surface area contributed by atoms with Gasteiger partial charge in [0.15, 0.2) is 11.7 Å². The van der Waals surface area contributed by atoms with Crippen molar-refractivity contribution in [2.45, 2.75) is 45.4 Å². The number of primary amides is 1. The van der Waals surface area contributed by atoms with Gasteiger partial charge in [-0.25, -0.2) is 14.4 Å². The van der Waals surface area contributed by atoms with Gasteiger partial charge in [-0.3, -0.25) is 4.79 Å². The summed E-state index contributed by atoms with van der Waals surface area (Å²) in [6, 6.07) is 7.59. The number of fused-ring (bicyclic) bond motifs is 1. The van der Waals surface area contributed by atoms with Gasteiger partial charge >= 0.3 is 0 Å². The van der Waals surface area contributed by atoms with Crippen molar-refractivity contribution in [1.82, 2.24) is 9.97 Å². The smallest absolute Gasteiger partial charge is 0.251 e. The van der Waals surface area contributed by atoms with Gasteiger partial charge in [0.25, 0.3) is 5.91 Å². The van der Waals surface area contributed by atoms with E-state index in [1.54, 1.807) is 19.3 Å². The first kappa shape index (κ1) is 20.3. The van der Waals surface area contributed by atoms with E-state index in [0.29, 0.717) is 24.2 Å². The molecule has 2 aliphatic heterocycles. The van der Waals surface area contributed by atoms with Crippen LogP contribution >= 0.6 is 0 Å². The molecule has 5 rings (SSSR count). The Balaban J connectivity index is 1.50. The van der Waals surface area contributed by atoms with Gasteiger partial charge in [0.05, 0.1) is 29.2 Å². The quantitative estimate of drug-likeness (QED) is 0.628. The topological polar surface area (TPSA) is 101 Å². The third-order valence-electron chi connectivity index (χ3n) is 6.22. The van der Waals surface area contributed by atoms with Gasteiger partial charge in [0, 0.05) is 31.3 Å². The van der Waals surface area contributed by atoms with E-state index in [-0.39, 0.29) is 11.3 Å². The molecule has 32 heavy (non-hydrogen) atoms. The minimum atomic E-state index is -0.806. The first-order chi connectivity index (χ1) is 15.4. The number of halogens is 1. The number of oxazole rings is 1. The van der Waals surface area contributed by atoms with Gasteiger partial charge in [0.1, 0.15) is 18.2 Å². The maximum Gasteiger partial charge on any atom is 0.251 e. The summed E-state index contributed by atoms with van der Waals surface area (Å²) in [5.41, 5.74) is 7.65. The number of amides is 1. The summed E-state index contributed by atoms with van der Waals surface area (Å²) in [7, 11) is 0. The van der Waals surface area contributed by atoms with Gasteiger partial charge in [-0.2, -0.15) is 0 Å². The van der Waals surface area contributed by atoms with E-state index in [1.807, 2.05) is 23.2 Å². The molecular formula is C23H25FN6O2. The highest BCUT2D eigenvalue weighted by Crippen LogP contribution is 2.44. The van der Waals surface area contributed by atoms with Gasteiger partial charge < -0.3 is 25.3 Å². The third kappa shape index (κ3) is 3.43. The summed E-state index contributed by atoms with van der Waals surface area (Å²) in [4.78, 5) is 25.0. The Labute approximate surface area is 185 Å². The lowest BCUT2D eigenvalue weighted by atomic mass is 10.1. The van der Waals surface area contributed by atoms with E-state index in [0.717, 1.165) is 36.5 Å². The monoisotopic (exact) mass is 436 g/mol. The Morgan fingerprint density at radius 2 is 2.19 bits per heavy atom. The highest BCUT2D eigenvalue weighted by atomic mass is 19.1. The summed E-state index contributed by atoms with van der Waals surface area (Å²) in [5.74, 6) is 0.0364. The number of benzene rings is 1. The van der Waals surface area contributed by atoms with Crippen molar-refractivity contribution in [2.24, 2.45) is 5.73 Å². The number of hydrogen-bond acceptors (Lipinski definition) is 7. The van der Waals surface area contributed by atoms with Crippen molar-refractivity contribution in [3.05, 3.63) is 65.3 Å². The first-order valence-corrected chi connectivity index (χ1v) is 10.7. The van der Waals surface area contributed by atoms with Gasteiger partial charge in [-0.1, -0.05) is 0 Å². The van der Waals surface area contributed by atoms with Crippen LogP contribution in [0, 0.1) is 12.7 Å². The molecule has 3 aromatic rings. The minimum Gasteiger partial charge on any atom is -0.449 e. The van der Waals surface area contributed by atoms with E-state index >= 15 is 4.39 Å². The normalized spacial score (nSPS) is 19.8. The molecule has 2 aromatic heterocycles. The molecule has 0 bridgehead atoms. The first-order valence-electron chi connectivity index (χ1n) is 10.7. The zero-order valence-electron chi connectivity index (χ0n) is 18.0. The summed E-state index contributed by atoms with van der Waals surface area (Å²) < 4.78 is 20.4. The summed E-state index contributed by atoms with van der Waals surface area (Å²) in [5, 5.41) is 3.22. The van der Waals surface area contributed by atoms with Crippen LogP contribution in [-0.4, -0.2) is 28.5 Å². The molecule has 1 aromatic carbocycles. The highest BCUT2D eigenvalue weighted by Gasteiger charge is 2.34. The Morgan fingerprint density at radius 3 is 2.81 bits per heavy atom. The van der Waals surface area contributed by atoms with Crippen LogP contribution in [0.2, 0.25) is 0 Å². The number of pyridine rings is 1. The summed E-state index contributed by atoms with van der Waals surface area (Å²) >= 11 is 0. The fourth-order valence-corrected chi connectivity index (χ4v) is 4.58. The highest BCUT2D eigenvalue weighted by molar-refractivity contribution is 5.96. The Kier molecular flexibility index (Phi) is 4.96. The number of carbonyl (C=O) groups is 1. The number of aromatic nitrogens is 2. The number of nitrogens with two attached hydrogens (primary N) is 1. The molecule has 2 atom stereocenters. The van der Waals surface area contributed by atoms with Crippen LogP contribution in [0.15, 0.2) is 41.1 Å². The molecule has 8 nitrogen and oxygen atoms in total. The molecule has 0 saturated carbocycles. The number of nitrogens with zero attached hydrogens (tertiary/aromatic N) is 4. The molecular weight excluding hydrogens is 411 g/mol. The zero-order chi connectivity index (χ0) is 22.4. The van der Waals surface area contributed by atoms with Crippen LogP contribution in [0.1, 0.15) is 53.4 Å². The van der Waals surface area contributed by atoms with Crippen molar-refractivity contribution in [1.29, 1.82) is 0 Å². The number of rotatable bonds is 5. The van der Waals surface area contributed by atoms with Crippen LogP contribution in [0.25, 0.3) is 0 Å². The molecule has 1 saturated heterocycles. The molecule has 2 unspecified atom stereocenters. The van der Waals surface area contributed by atoms with Crippen LogP contribution in [0.5, 0.6) is 0 Å². The predicted molar refractivity (Wildman–Crippen MR) is 119 cm³/mol. The minimum absolute atomic E-state index is 0.148. The second kappa shape index (κ2) is 7.81. The van der Waals surface area contributed by atoms with E-state index in [9.17, 15) is 4.79 Å². The second-order valence-corrected chi connectivity index (χ2v) is 8.35. The number of hydrogen-bond donors (Lipinski definition) is 2. The summed E-state index contributed by atoms with van der Waals surface area (Å²) in [6.45, 7) is 5.37. The summed E-state index contributed by atoms with van der Waals surface area (Å²) in [6.07, 6.45) is 5.34. The Morgan fingerprint density at radius 1 is 1.34 bits per heavy atom. The molecule has 1 fully saturated rings. The maximum atomic E-state index is 15.1. The Hall–Kier alpha value is -3.62. The van der Waals surface area contributed by atoms with Crippen molar-refractivity contribution < 1.29 is 13.6 Å². The number of nitrogens with one attached hydrogen (secondary N) is 1. The second-order valence-electron chi connectivity index (χ2n) is 8.35. The molecule has 3 N–H and O–H groups in total. The molecule has 9 heteroatoms. The van der Waals surface area contributed by atoms with Crippen molar-refractivity contribution >= 4 is 23.1 Å². The molecule has 0 radical (unpaired) electrons. The van der Waals surface area contributed by atoms with E-state index in [1.165, 1.54) is 6.07 Å². The van der Waals surface area contributed by atoms with E-state index < -0.39 is 17.9 Å². The van der Waals surface area contributed by atoms with E-state index in [4.69, 9.17) is 10.2 Å². The average Bonchev–Trinajstić information content (AvgIpc) is 3.48. The molecule has 2 aliphatic rings. The zero-order valence-corrected chi connectivity index (χ0v) is 18.0. The van der Waals surface area contributed by atoms with Gasteiger partial charge in [-0.15, -0.1) is 0 Å². The molecule has 1 amide bonds. The molecule has 0 spiro atoms. The van der Waals surface area contributed by atoms with Gasteiger partial charge in [0.2, 0.25) is 0 Å². The number of aryl methyl sites for hydroxylation is 1. The fourth-order valence-electron chi connectivity index (χ4n) is 4.58. The van der Waals surface area contributed by atoms with Gasteiger partial charge in [-0.05, 0) is 44.0 Å². The molecule has 166 valence electrons. The van der Waals surface area contributed by atoms with Crippen LogP contribution < -0.4 is 20.9 Å². The van der Waals surface area contributed by atoms with Crippen LogP contribution in [0.3, 0.4) is 0 Å². The van der Waals surface area contributed by atoms with Crippen molar-refractivity contribution in [3.8, 4) is 0 Å². The third-order valence-corrected chi connectivity index (χ3v) is 6.22.